The van der Waals surface area contributed by atoms with Crippen molar-refractivity contribution in [3.8, 4) is 0 Å². The molecule has 1 rings (SSSR count). The third-order valence-electron chi connectivity index (χ3n) is 2.97. The molecule has 1 aromatic rings. The molecule has 1 unspecified atom stereocenters. The SMILES string of the molecule is Cc1cc(C)c(C(=O)NCCCC(C)Cl)c(C)c1. The summed E-state index contributed by atoms with van der Waals surface area (Å²) in [7, 11) is 0. The normalized spacial score (nSPS) is 12.3. The van der Waals surface area contributed by atoms with E-state index in [0.29, 0.717) is 6.54 Å². The lowest BCUT2D eigenvalue weighted by molar-refractivity contribution is 0.0952. The minimum absolute atomic E-state index is 0.0206. The van der Waals surface area contributed by atoms with Gasteiger partial charge in [-0.2, -0.15) is 0 Å². The molecule has 0 spiro atoms. The number of hydrogen-bond acceptors (Lipinski definition) is 1. The zero-order valence-corrected chi connectivity index (χ0v) is 12.4. The molecule has 0 heterocycles. The van der Waals surface area contributed by atoms with Crippen molar-refractivity contribution in [1.29, 1.82) is 0 Å². The second-order valence-electron chi connectivity index (χ2n) is 4.95. The molecule has 0 saturated heterocycles. The number of nitrogens with one attached hydrogen (secondary N) is 1. The number of alkyl halides is 1. The molecule has 1 amide bonds. The van der Waals surface area contributed by atoms with Crippen molar-refractivity contribution in [3.63, 3.8) is 0 Å². The summed E-state index contributed by atoms with van der Waals surface area (Å²) in [6.07, 6.45) is 1.84. The van der Waals surface area contributed by atoms with E-state index in [2.05, 4.69) is 5.32 Å². The Morgan fingerprint density at radius 2 is 1.83 bits per heavy atom. The molecule has 0 saturated carbocycles. The number of hydrogen-bond donors (Lipinski definition) is 1. The fraction of sp³-hybridized carbons (Fsp3) is 0.533. The summed E-state index contributed by atoms with van der Waals surface area (Å²) in [6.45, 7) is 8.66. The van der Waals surface area contributed by atoms with Gasteiger partial charge in [0.2, 0.25) is 0 Å². The largest absolute Gasteiger partial charge is 0.352 e. The molecular formula is C15H22ClNO. The van der Waals surface area contributed by atoms with Crippen LogP contribution in [0.3, 0.4) is 0 Å². The predicted molar refractivity (Wildman–Crippen MR) is 77.5 cm³/mol. The Labute approximate surface area is 115 Å². The summed E-state index contributed by atoms with van der Waals surface area (Å²) >= 11 is 5.87. The van der Waals surface area contributed by atoms with Crippen molar-refractivity contribution in [2.45, 2.75) is 45.9 Å². The molecule has 0 aromatic heterocycles. The van der Waals surface area contributed by atoms with Gasteiger partial charge < -0.3 is 5.32 Å². The summed E-state index contributed by atoms with van der Waals surface area (Å²) in [6, 6.07) is 4.09. The van der Waals surface area contributed by atoms with E-state index < -0.39 is 0 Å². The van der Waals surface area contributed by atoms with Gasteiger partial charge in [0.15, 0.2) is 0 Å². The van der Waals surface area contributed by atoms with Gasteiger partial charge in [0.1, 0.15) is 0 Å². The molecule has 100 valence electrons. The number of amides is 1. The Morgan fingerprint density at radius 1 is 1.28 bits per heavy atom. The van der Waals surface area contributed by atoms with E-state index in [9.17, 15) is 4.79 Å². The summed E-state index contributed by atoms with van der Waals surface area (Å²) in [4.78, 5) is 12.1. The quantitative estimate of drug-likeness (QED) is 0.639. The number of benzene rings is 1. The second kappa shape index (κ2) is 6.79. The first kappa shape index (κ1) is 15.0. The van der Waals surface area contributed by atoms with Crippen molar-refractivity contribution >= 4 is 17.5 Å². The highest BCUT2D eigenvalue weighted by Crippen LogP contribution is 2.16. The van der Waals surface area contributed by atoms with E-state index in [4.69, 9.17) is 11.6 Å². The van der Waals surface area contributed by atoms with Crippen LogP contribution in [-0.2, 0) is 0 Å². The monoisotopic (exact) mass is 267 g/mol. The zero-order valence-electron chi connectivity index (χ0n) is 11.6. The van der Waals surface area contributed by atoms with E-state index >= 15 is 0 Å². The first-order chi connectivity index (χ1) is 8.41. The molecule has 0 aliphatic carbocycles. The lowest BCUT2D eigenvalue weighted by atomic mass is 9.99. The summed E-state index contributed by atoms with van der Waals surface area (Å²) in [5, 5.41) is 3.13. The van der Waals surface area contributed by atoms with Crippen LogP contribution in [0.15, 0.2) is 12.1 Å². The fourth-order valence-electron chi connectivity index (χ4n) is 2.21. The molecule has 2 nitrogen and oxygen atoms in total. The zero-order chi connectivity index (χ0) is 13.7. The molecule has 1 N–H and O–H groups in total. The summed E-state index contributed by atoms with van der Waals surface area (Å²) in [5.74, 6) is 0.0206. The van der Waals surface area contributed by atoms with Gasteiger partial charge in [-0.25, -0.2) is 0 Å². The molecule has 1 atom stereocenters. The van der Waals surface area contributed by atoms with Gasteiger partial charge in [-0.05, 0) is 51.7 Å². The Balaban J connectivity index is 2.62. The van der Waals surface area contributed by atoms with Gasteiger partial charge in [-0.3, -0.25) is 4.79 Å². The van der Waals surface area contributed by atoms with E-state index in [0.717, 1.165) is 29.5 Å². The van der Waals surface area contributed by atoms with Gasteiger partial charge in [0.05, 0.1) is 0 Å². The van der Waals surface area contributed by atoms with Crippen LogP contribution in [0.5, 0.6) is 0 Å². The number of halogens is 1. The number of aryl methyl sites for hydroxylation is 3. The van der Waals surface area contributed by atoms with E-state index in [1.165, 1.54) is 5.56 Å². The first-order valence-corrected chi connectivity index (χ1v) is 6.85. The smallest absolute Gasteiger partial charge is 0.251 e. The van der Waals surface area contributed by atoms with Crippen LogP contribution in [0.4, 0.5) is 0 Å². The molecular weight excluding hydrogens is 246 g/mol. The fourth-order valence-corrected chi connectivity index (χ4v) is 2.37. The van der Waals surface area contributed by atoms with Crippen LogP contribution in [0, 0.1) is 20.8 Å². The van der Waals surface area contributed by atoms with Crippen LogP contribution in [0.1, 0.15) is 46.8 Å². The minimum Gasteiger partial charge on any atom is -0.352 e. The third-order valence-corrected chi connectivity index (χ3v) is 3.19. The van der Waals surface area contributed by atoms with Crippen LogP contribution in [0.25, 0.3) is 0 Å². The van der Waals surface area contributed by atoms with Crippen molar-refractivity contribution in [2.75, 3.05) is 6.54 Å². The molecule has 0 radical (unpaired) electrons. The van der Waals surface area contributed by atoms with Gasteiger partial charge in [0, 0.05) is 17.5 Å². The molecule has 0 bridgehead atoms. The maximum absolute atomic E-state index is 12.1. The topological polar surface area (TPSA) is 29.1 Å². The minimum atomic E-state index is 0.0206. The summed E-state index contributed by atoms with van der Waals surface area (Å²) in [5.41, 5.74) is 4.07. The summed E-state index contributed by atoms with van der Waals surface area (Å²) < 4.78 is 0. The Kier molecular flexibility index (Phi) is 5.67. The highest BCUT2D eigenvalue weighted by Gasteiger charge is 2.12. The number of rotatable bonds is 5. The van der Waals surface area contributed by atoms with Crippen molar-refractivity contribution < 1.29 is 4.79 Å². The average molecular weight is 268 g/mol. The molecule has 0 aliphatic heterocycles. The molecule has 0 aliphatic rings. The molecule has 3 heteroatoms. The molecule has 1 aromatic carbocycles. The van der Waals surface area contributed by atoms with Crippen LogP contribution < -0.4 is 5.32 Å². The van der Waals surface area contributed by atoms with Crippen molar-refractivity contribution in [3.05, 3.63) is 34.4 Å². The second-order valence-corrected chi connectivity index (χ2v) is 5.70. The van der Waals surface area contributed by atoms with E-state index in [1.807, 2.05) is 39.8 Å². The maximum Gasteiger partial charge on any atom is 0.251 e. The van der Waals surface area contributed by atoms with E-state index in [1.54, 1.807) is 0 Å². The lowest BCUT2D eigenvalue weighted by Crippen LogP contribution is -2.26. The Morgan fingerprint density at radius 3 is 2.33 bits per heavy atom. The molecule has 18 heavy (non-hydrogen) atoms. The Bertz CT molecular complexity index is 403. The highest BCUT2D eigenvalue weighted by atomic mass is 35.5. The van der Waals surface area contributed by atoms with Crippen LogP contribution in [0.2, 0.25) is 0 Å². The van der Waals surface area contributed by atoms with Gasteiger partial charge in [-0.15, -0.1) is 11.6 Å². The van der Waals surface area contributed by atoms with E-state index in [-0.39, 0.29) is 11.3 Å². The van der Waals surface area contributed by atoms with Crippen LogP contribution in [-0.4, -0.2) is 17.8 Å². The van der Waals surface area contributed by atoms with Crippen molar-refractivity contribution in [1.82, 2.24) is 5.32 Å². The number of carbonyl (C=O) groups excluding carboxylic acids is 1. The van der Waals surface area contributed by atoms with Crippen LogP contribution >= 0.6 is 11.6 Å². The standard InChI is InChI=1S/C15H22ClNO/c1-10-8-11(2)14(12(3)9-10)15(18)17-7-5-6-13(4)16/h8-9,13H,5-7H2,1-4H3,(H,17,18). The average Bonchev–Trinajstić information content (AvgIpc) is 2.22. The Hall–Kier alpha value is -1.02. The van der Waals surface area contributed by atoms with Gasteiger partial charge in [-0.1, -0.05) is 17.7 Å². The first-order valence-electron chi connectivity index (χ1n) is 6.42. The highest BCUT2D eigenvalue weighted by molar-refractivity contribution is 6.20. The van der Waals surface area contributed by atoms with Crippen molar-refractivity contribution in [2.24, 2.45) is 0 Å². The third kappa shape index (κ3) is 4.34. The molecule has 0 fully saturated rings. The lowest BCUT2D eigenvalue weighted by Gasteiger charge is -2.12. The maximum atomic E-state index is 12.1. The van der Waals surface area contributed by atoms with Gasteiger partial charge in [0.25, 0.3) is 5.91 Å². The van der Waals surface area contributed by atoms with Gasteiger partial charge >= 0.3 is 0 Å². The predicted octanol–water partition coefficient (Wildman–Crippen LogP) is 3.75. The number of carbonyl (C=O) groups is 1.